The van der Waals surface area contributed by atoms with Gasteiger partial charge in [0.15, 0.2) is 0 Å². The van der Waals surface area contributed by atoms with E-state index in [9.17, 15) is 19.7 Å². The van der Waals surface area contributed by atoms with Gasteiger partial charge in [0.05, 0.1) is 16.7 Å². The van der Waals surface area contributed by atoms with Gasteiger partial charge in [-0.1, -0.05) is 42.5 Å². The summed E-state index contributed by atoms with van der Waals surface area (Å²) in [6, 6.07) is 15.1. The maximum Gasteiger partial charge on any atom is 0.303 e. The zero-order valence-corrected chi connectivity index (χ0v) is 15.0. The molecule has 0 fully saturated rings. The fraction of sp³-hybridized carbons (Fsp3) is 0.250. The number of carbonyl (C=O) groups is 2. The lowest BCUT2D eigenvalue weighted by atomic mass is 9.98. The summed E-state index contributed by atoms with van der Waals surface area (Å²) in [6.45, 7) is 0. The molecule has 144 valence electrons. The Hall–Kier alpha value is -3.55. The summed E-state index contributed by atoms with van der Waals surface area (Å²) >= 11 is 0. The first-order valence-corrected chi connectivity index (χ1v) is 8.87. The number of rotatable bonds is 7. The van der Waals surface area contributed by atoms with Gasteiger partial charge in [-0.2, -0.15) is 5.10 Å². The Labute approximate surface area is 161 Å². The number of benzene rings is 2. The van der Waals surface area contributed by atoms with E-state index in [0.29, 0.717) is 17.7 Å². The summed E-state index contributed by atoms with van der Waals surface area (Å²) in [7, 11) is 0. The van der Waals surface area contributed by atoms with Gasteiger partial charge in [0.2, 0.25) is 5.91 Å². The number of non-ortho nitro benzene ring substituents is 1. The molecule has 8 nitrogen and oxygen atoms in total. The van der Waals surface area contributed by atoms with E-state index in [0.717, 1.165) is 5.56 Å². The molecule has 1 aliphatic rings. The predicted molar refractivity (Wildman–Crippen MR) is 102 cm³/mol. The van der Waals surface area contributed by atoms with Crippen LogP contribution in [0.25, 0.3) is 0 Å². The van der Waals surface area contributed by atoms with E-state index < -0.39 is 16.9 Å². The minimum Gasteiger partial charge on any atom is -0.481 e. The maximum absolute atomic E-state index is 12.7. The lowest BCUT2D eigenvalue weighted by molar-refractivity contribution is -0.385. The van der Waals surface area contributed by atoms with E-state index in [4.69, 9.17) is 5.11 Å². The number of nitro groups is 1. The summed E-state index contributed by atoms with van der Waals surface area (Å²) in [5.74, 6) is -1.26. The number of hydrogen-bond acceptors (Lipinski definition) is 5. The number of carbonyl (C=O) groups excluding carboxylic acids is 1. The Bertz CT molecular complexity index is 926. The fourth-order valence-corrected chi connectivity index (χ4v) is 3.16. The van der Waals surface area contributed by atoms with Crippen LogP contribution in [0.2, 0.25) is 0 Å². The smallest absolute Gasteiger partial charge is 0.303 e. The number of carboxylic acids is 1. The molecule has 0 radical (unpaired) electrons. The second-order valence-corrected chi connectivity index (χ2v) is 6.47. The van der Waals surface area contributed by atoms with Crippen LogP contribution in [0.15, 0.2) is 59.7 Å². The van der Waals surface area contributed by atoms with E-state index in [-0.39, 0.29) is 30.9 Å². The van der Waals surface area contributed by atoms with Crippen molar-refractivity contribution in [2.75, 3.05) is 0 Å². The number of carboxylic acid groups (broad SMARTS) is 1. The topological polar surface area (TPSA) is 113 Å². The van der Waals surface area contributed by atoms with Gasteiger partial charge in [0.25, 0.3) is 5.69 Å². The summed E-state index contributed by atoms with van der Waals surface area (Å²) in [6.07, 6.45) is 0.581. The van der Waals surface area contributed by atoms with E-state index in [2.05, 4.69) is 5.10 Å². The second kappa shape index (κ2) is 8.43. The minimum atomic E-state index is -0.960. The minimum absolute atomic E-state index is 0.0449. The Balaban J connectivity index is 1.89. The molecule has 0 bridgehead atoms. The van der Waals surface area contributed by atoms with Crippen LogP contribution in [0, 0.1) is 10.1 Å². The van der Waals surface area contributed by atoms with Crippen LogP contribution >= 0.6 is 0 Å². The Kier molecular flexibility index (Phi) is 5.78. The van der Waals surface area contributed by atoms with Crippen LogP contribution in [0.5, 0.6) is 0 Å². The molecule has 3 rings (SSSR count). The molecule has 2 aromatic carbocycles. The number of aliphatic carboxylic acids is 1. The summed E-state index contributed by atoms with van der Waals surface area (Å²) in [5, 5.41) is 25.7. The second-order valence-electron chi connectivity index (χ2n) is 6.47. The van der Waals surface area contributed by atoms with Crippen LogP contribution < -0.4 is 0 Å². The van der Waals surface area contributed by atoms with Gasteiger partial charge in [-0.25, -0.2) is 5.01 Å². The summed E-state index contributed by atoms with van der Waals surface area (Å²) in [4.78, 5) is 34.0. The number of nitro benzene ring substituents is 1. The first-order valence-electron chi connectivity index (χ1n) is 8.87. The largest absolute Gasteiger partial charge is 0.481 e. The summed E-state index contributed by atoms with van der Waals surface area (Å²) in [5.41, 5.74) is 2.15. The van der Waals surface area contributed by atoms with E-state index >= 15 is 0 Å². The molecule has 8 heteroatoms. The van der Waals surface area contributed by atoms with Crippen molar-refractivity contribution < 1.29 is 19.6 Å². The van der Waals surface area contributed by atoms with Gasteiger partial charge in [-0.3, -0.25) is 19.7 Å². The van der Waals surface area contributed by atoms with Crippen molar-refractivity contribution >= 4 is 23.3 Å². The SMILES string of the molecule is O=C(O)CCCC(=O)N1N=C(c2ccccc2)C[C@H]1c1cccc([N+](=O)[O-])c1. The van der Waals surface area contributed by atoms with Crippen molar-refractivity contribution in [1.29, 1.82) is 0 Å². The van der Waals surface area contributed by atoms with Crippen molar-refractivity contribution in [2.45, 2.75) is 31.7 Å². The van der Waals surface area contributed by atoms with Gasteiger partial charge in [0.1, 0.15) is 0 Å². The molecule has 0 saturated carbocycles. The highest BCUT2D eigenvalue weighted by atomic mass is 16.6. The third kappa shape index (κ3) is 4.40. The molecular formula is C20H19N3O5. The standard InChI is InChI=1S/C20H19N3O5/c24-19(10-5-11-20(25)26)22-18(15-8-4-9-16(12-15)23(27)28)13-17(21-22)14-6-2-1-3-7-14/h1-4,6-9,12,18H,5,10-11,13H2,(H,25,26)/t18-/m0/s1. The van der Waals surface area contributed by atoms with Crippen molar-refractivity contribution in [3.63, 3.8) is 0 Å². The quantitative estimate of drug-likeness (QED) is 0.582. The number of amides is 1. The molecule has 1 N–H and O–H groups in total. The van der Waals surface area contributed by atoms with Crippen LogP contribution in [0.1, 0.15) is 42.9 Å². The summed E-state index contributed by atoms with van der Waals surface area (Å²) < 4.78 is 0. The lowest BCUT2D eigenvalue weighted by Gasteiger charge is -2.22. The molecule has 0 aromatic heterocycles. The molecule has 1 atom stereocenters. The van der Waals surface area contributed by atoms with Gasteiger partial charge >= 0.3 is 5.97 Å². The molecule has 28 heavy (non-hydrogen) atoms. The number of hydrazone groups is 1. The Morgan fingerprint density at radius 2 is 1.89 bits per heavy atom. The maximum atomic E-state index is 12.7. The van der Waals surface area contributed by atoms with Gasteiger partial charge < -0.3 is 5.11 Å². The zero-order chi connectivity index (χ0) is 20.1. The van der Waals surface area contributed by atoms with Crippen LogP contribution in [0.4, 0.5) is 5.69 Å². The van der Waals surface area contributed by atoms with Gasteiger partial charge in [0, 0.05) is 31.4 Å². The van der Waals surface area contributed by atoms with Crippen molar-refractivity contribution in [3.8, 4) is 0 Å². The molecule has 0 unspecified atom stereocenters. The highest BCUT2D eigenvalue weighted by molar-refractivity contribution is 6.03. The molecular weight excluding hydrogens is 362 g/mol. The molecule has 1 amide bonds. The first-order chi connectivity index (χ1) is 13.5. The highest BCUT2D eigenvalue weighted by Gasteiger charge is 2.33. The normalized spacial score (nSPS) is 15.9. The molecule has 0 saturated heterocycles. The van der Waals surface area contributed by atoms with Crippen molar-refractivity contribution in [3.05, 3.63) is 75.8 Å². The van der Waals surface area contributed by atoms with Crippen LogP contribution in [0.3, 0.4) is 0 Å². The van der Waals surface area contributed by atoms with Crippen LogP contribution in [-0.4, -0.2) is 32.6 Å². The van der Waals surface area contributed by atoms with Crippen molar-refractivity contribution in [1.82, 2.24) is 5.01 Å². The molecule has 0 aliphatic carbocycles. The number of hydrogen-bond donors (Lipinski definition) is 1. The fourth-order valence-electron chi connectivity index (χ4n) is 3.16. The van der Waals surface area contributed by atoms with Gasteiger partial charge in [-0.05, 0) is 17.5 Å². The lowest BCUT2D eigenvalue weighted by Crippen LogP contribution is -2.27. The predicted octanol–water partition coefficient (Wildman–Crippen LogP) is 3.53. The Morgan fingerprint density at radius 3 is 2.57 bits per heavy atom. The van der Waals surface area contributed by atoms with Crippen LogP contribution in [-0.2, 0) is 9.59 Å². The monoisotopic (exact) mass is 381 g/mol. The third-order valence-corrected chi connectivity index (χ3v) is 4.52. The third-order valence-electron chi connectivity index (χ3n) is 4.52. The molecule has 0 spiro atoms. The molecule has 1 heterocycles. The highest BCUT2D eigenvalue weighted by Crippen LogP contribution is 2.34. The molecule has 1 aliphatic heterocycles. The Morgan fingerprint density at radius 1 is 1.14 bits per heavy atom. The van der Waals surface area contributed by atoms with E-state index in [1.54, 1.807) is 12.1 Å². The zero-order valence-electron chi connectivity index (χ0n) is 15.0. The van der Waals surface area contributed by atoms with E-state index in [1.165, 1.54) is 17.1 Å². The van der Waals surface area contributed by atoms with Gasteiger partial charge in [-0.15, -0.1) is 0 Å². The average molecular weight is 381 g/mol. The van der Waals surface area contributed by atoms with Crippen molar-refractivity contribution in [2.24, 2.45) is 5.10 Å². The number of nitrogens with zero attached hydrogens (tertiary/aromatic N) is 3. The van der Waals surface area contributed by atoms with E-state index in [1.807, 2.05) is 30.3 Å². The first kappa shape index (κ1) is 19.2. The average Bonchev–Trinajstić information content (AvgIpc) is 3.14. The molecule has 2 aromatic rings.